The molecule has 1 aliphatic rings. The second-order valence-corrected chi connectivity index (χ2v) is 3.27. The highest BCUT2D eigenvalue weighted by Crippen LogP contribution is 2.28. The van der Waals surface area contributed by atoms with Gasteiger partial charge < -0.3 is 9.63 Å². The number of likely N-dealkylation sites (N-methyl/N-ethyl adjacent to an activating group) is 1. The first-order valence-corrected chi connectivity index (χ1v) is 4.06. The predicted octanol–water partition coefficient (Wildman–Crippen LogP) is 0.412. The number of likely N-dealkylation sites (tertiary alicyclic amines) is 1. The maximum absolute atomic E-state index is 9.37. The third-order valence-corrected chi connectivity index (χ3v) is 2.33. The summed E-state index contributed by atoms with van der Waals surface area (Å²) in [4.78, 5) is 2.09. The van der Waals surface area contributed by atoms with Gasteiger partial charge >= 0.3 is 0 Å². The highest BCUT2D eigenvalue weighted by molar-refractivity contribution is 5.06. The van der Waals surface area contributed by atoms with E-state index < -0.39 is 0 Å². The summed E-state index contributed by atoms with van der Waals surface area (Å²) in [5, 5.41) is 13.2. The standard InChI is InChI=1S/C8H12N2O2/c1-10-5-6(11)4-8(10)7-2-3-12-9-7/h2-3,6,8,11H,4-5H2,1H3. The Bertz CT molecular complexity index is 248. The van der Waals surface area contributed by atoms with E-state index >= 15 is 0 Å². The lowest BCUT2D eigenvalue weighted by Gasteiger charge is -2.15. The van der Waals surface area contributed by atoms with Crippen LogP contribution in [0.4, 0.5) is 0 Å². The molecule has 1 aromatic heterocycles. The minimum Gasteiger partial charge on any atom is -0.392 e. The van der Waals surface area contributed by atoms with Crippen LogP contribution in [-0.4, -0.2) is 34.9 Å². The number of hydrogen-bond donors (Lipinski definition) is 1. The molecule has 66 valence electrons. The Morgan fingerprint density at radius 1 is 1.75 bits per heavy atom. The SMILES string of the molecule is CN1CC(O)CC1c1ccon1. The monoisotopic (exact) mass is 168 g/mol. The molecule has 2 rings (SSSR count). The van der Waals surface area contributed by atoms with Gasteiger partial charge in [-0.05, 0) is 13.5 Å². The molecule has 0 spiro atoms. The third-order valence-electron chi connectivity index (χ3n) is 2.33. The molecule has 1 aromatic rings. The van der Waals surface area contributed by atoms with Crippen LogP contribution in [0, 0.1) is 0 Å². The first-order valence-electron chi connectivity index (χ1n) is 4.06. The van der Waals surface area contributed by atoms with Gasteiger partial charge in [0.05, 0.1) is 12.1 Å². The molecule has 0 amide bonds. The van der Waals surface area contributed by atoms with Crippen LogP contribution in [-0.2, 0) is 0 Å². The Morgan fingerprint density at radius 2 is 2.58 bits per heavy atom. The summed E-state index contributed by atoms with van der Waals surface area (Å²) in [7, 11) is 1.98. The van der Waals surface area contributed by atoms with Crippen molar-refractivity contribution in [2.75, 3.05) is 13.6 Å². The van der Waals surface area contributed by atoms with Crippen LogP contribution in [0.25, 0.3) is 0 Å². The summed E-state index contributed by atoms with van der Waals surface area (Å²) in [6.07, 6.45) is 2.09. The van der Waals surface area contributed by atoms with Crippen molar-refractivity contribution < 1.29 is 9.63 Å². The number of aliphatic hydroxyl groups is 1. The fraction of sp³-hybridized carbons (Fsp3) is 0.625. The van der Waals surface area contributed by atoms with E-state index in [-0.39, 0.29) is 12.1 Å². The fourth-order valence-corrected chi connectivity index (χ4v) is 1.71. The molecule has 0 saturated carbocycles. The Balaban J connectivity index is 2.15. The van der Waals surface area contributed by atoms with Crippen LogP contribution in [0.3, 0.4) is 0 Å². The zero-order valence-corrected chi connectivity index (χ0v) is 6.97. The van der Waals surface area contributed by atoms with Gasteiger partial charge in [0, 0.05) is 12.6 Å². The van der Waals surface area contributed by atoms with Gasteiger partial charge in [0.2, 0.25) is 0 Å². The van der Waals surface area contributed by atoms with E-state index in [1.165, 1.54) is 0 Å². The van der Waals surface area contributed by atoms with Crippen LogP contribution in [0.1, 0.15) is 18.2 Å². The molecule has 2 unspecified atom stereocenters. The maximum atomic E-state index is 9.37. The Kier molecular flexibility index (Phi) is 1.86. The summed E-state index contributed by atoms with van der Waals surface area (Å²) in [5.74, 6) is 0. The summed E-state index contributed by atoms with van der Waals surface area (Å²) in [5.41, 5.74) is 0.911. The molecule has 0 aromatic carbocycles. The lowest BCUT2D eigenvalue weighted by atomic mass is 10.1. The van der Waals surface area contributed by atoms with Crippen LogP contribution in [0.5, 0.6) is 0 Å². The summed E-state index contributed by atoms with van der Waals surface area (Å²) in [6.45, 7) is 0.720. The van der Waals surface area contributed by atoms with Crippen molar-refractivity contribution in [3.05, 3.63) is 18.0 Å². The van der Waals surface area contributed by atoms with Crippen molar-refractivity contribution in [3.63, 3.8) is 0 Å². The van der Waals surface area contributed by atoms with Crippen LogP contribution < -0.4 is 0 Å². The first kappa shape index (κ1) is 7.76. The highest BCUT2D eigenvalue weighted by Gasteiger charge is 2.30. The van der Waals surface area contributed by atoms with E-state index in [1.807, 2.05) is 13.1 Å². The van der Waals surface area contributed by atoms with Gasteiger partial charge in [-0.15, -0.1) is 0 Å². The van der Waals surface area contributed by atoms with Crippen molar-refractivity contribution in [2.24, 2.45) is 0 Å². The fourth-order valence-electron chi connectivity index (χ4n) is 1.71. The number of nitrogens with zero attached hydrogens (tertiary/aromatic N) is 2. The molecule has 1 aliphatic heterocycles. The van der Waals surface area contributed by atoms with Gasteiger partial charge in [-0.1, -0.05) is 5.16 Å². The molecular weight excluding hydrogens is 156 g/mol. The molecule has 1 saturated heterocycles. The maximum Gasteiger partial charge on any atom is 0.124 e. The molecule has 1 fully saturated rings. The molecule has 2 heterocycles. The zero-order valence-electron chi connectivity index (χ0n) is 6.97. The lowest BCUT2D eigenvalue weighted by Crippen LogP contribution is -2.19. The molecule has 4 heteroatoms. The average molecular weight is 168 g/mol. The van der Waals surface area contributed by atoms with Crippen LogP contribution in [0.2, 0.25) is 0 Å². The molecule has 2 atom stereocenters. The first-order chi connectivity index (χ1) is 5.77. The van der Waals surface area contributed by atoms with Gasteiger partial charge in [-0.25, -0.2) is 0 Å². The molecule has 12 heavy (non-hydrogen) atoms. The number of aromatic nitrogens is 1. The molecule has 0 bridgehead atoms. The Morgan fingerprint density at radius 3 is 3.08 bits per heavy atom. The molecule has 0 radical (unpaired) electrons. The van der Waals surface area contributed by atoms with Gasteiger partial charge in [-0.3, -0.25) is 4.90 Å². The van der Waals surface area contributed by atoms with E-state index in [0.29, 0.717) is 0 Å². The third kappa shape index (κ3) is 1.23. The summed E-state index contributed by atoms with van der Waals surface area (Å²) >= 11 is 0. The van der Waals surface area contributed by atoms with Crippen molar-refractivity contribution in [3.8, 4) is 0 Å². The smallest absolute Gasteiger partial charge is 0.124 e. The average Bonchev–Trinajstić information content (AvgIpc) is 2.58. The summed E-state index contributed by atoms with van der Waals surface area (Å²) in [6, 6.07) is 2.07. The van der Waals surface area contributed by atoms with E-state index in [4.69, 9.17) is 4.52 Å². The van der Waals surface area contributed by atoms with Crippen molar-refractivity contribution >= 4 is 0 Å². The number of β-amino-alcohol motifs (C(OH)–C–C–N with tert-alkyl or cyclic N) is 1. The van der Waals surface area contributed by atoms with Crippen molar-refractivity contribution in [1.29, 1.82) is 0 Å². The minimum absolute atomic E-state index is 0.221. The largest absolute Gasteiger partial charge is 0.392 e. The number of rotatable bonds is 1. The lowest BCUT2D eigenvalue weighted by molar-refractivity contribution is 0.182. The second-order valence-electron chi connectivity index (χ2n) is 3.27. The van der Waals surface area contributed by atoms with Crippen LogP contribution >= 0.6 is 0 Å². The van der Waals surface area contributed by atoms with E-state index in [1.54, 1.807) is 6.26 Å². The van der Waals surface area contributed by atoms with Gasteiger partial charge in [-0.2, -0.15) is 0 Å². The summed E-state index contributed by atoms with van der Waals surface area (Å²) < 4.78 is 4.75. The normalized spacial score (nSPS) is 31.2. The van der Waals surface area contributed by atoms with E-state index in [0.717, 1.165) is 18.7 Å². The van der Waals surface area contributed by atoms with Crippen LogP contribution in [0.15, 0.2) is 16.9 Å². The number of aliphatic hydroxyl groups excluding tert-OH is 1. The minimum atomic E-state index is -0.225. The van der Waals surface area contributed by atoms with Gasteiger partial charge in [0.1, 0.15) is 12.0 Å². The van der Waals surface area contributed by atoms with Gasteiger partial charge in [0.15, 0.2) is 0 Å². The highest BCUT2D eigenvalue weighted by atomic mass is 16.5. The Hall–Kier alpha value is -0.870. The molecule has 4 nitrogen and oxygen atoms in total. The zero-order chi connectivity index (χ0) is 8.55. The quantitative estimate of drug-likeness (QED) is 0.660. The van der Waals surface area contributed by atoms with E-state index in [9.17, 15) is 5.11 Å². The molecular formula is C8H12N2O2. The topological polar surface area (TPSA) is 49.5 Å². The number of hydrogen-bond acceptors (Lipinski definition) is 4. The Labute approximate surface area is 70.8 Å². The predicted molar refractivity (Wildman–Crippen MR) is 42.5 cm³/mol. The van der Waals surface area contributed by atoms with Crippen molar-refractivity contribution in [2.45, 2.75) is 18.6 Å². The van der Waals surface area contributed by atoms with Gasteiger partial charge in [0.25, 0.3) is 0 Å². The van der Waals surface area contributed by atoms with Crippen molar-refractivity contribution in [1.82, 2.24) is 10.1 Å². The molecule has 0 aliphatic carbocycles. The molecule has 1 N–H and O–H groups in total. The second kappa shape index (κ2) is 2.88. The van der Waals surface area contributed by atoms with E-state index in [2.05, 4.69) is 10.1 Å².